The smallest absolute Gasteiger partial charge is 0.389 e. The number of rotatable bonds is 4. The summed E-state index contributed by atoms with van der Waals surface area (Å²) < 4.78 is 36.5. The maximum atomic E-state index is 12.2. The third kappa shape index (κ3) is 3.88. The van der Waals surface area contributed by atoms with Crippen molar-refractivity contribution in [3.63, 3.8) is 0 Å². The number of hydrogen-bond acceptors (Lipinski definition) is 2. The molecule has 2 N–H and O–H groups in total. The molecule has 1 heterocycles. The van der Waals surface area contributed by atoms with Gasteiger partial charge in [-0.2, -0.15) is 13.2 Å². The van der Waals surface area contributed by atoms with E-state index in [2.05, 4.69) is 11.0 Å². The third-order valence-corrected chi connectivity index (χ3v) is 4.04. The number of anilines is 1. The van der Waals surface area contributed by atoms with E-state index in [0.717, 1.165) is 30.8 Å². The van der Waals surface area contributed by atoms with Crippen molar-refractivity contribution in [2.24, 2.45) is 0 Å². The second-order valence-electron chi connectivity index (χ2n) is 5.56. The van der Waals surface area contributed by atoms with Crippen LogP contribution in [0.2, 0.25) is 0 Å². The fraction of sp³-hybridized carbons (Fsp3) is 0.600. The second kappa shape index (κ2) is 6.04. The Balaban J connectivity index is 1.90. The van der Waals surface area contributed by atoms with Crippen molar-refractivity contribution in [3.8, 4) is 0 Å². The van der Waals surface area contributed by atoms with Gasteiger partial charge in [0.05, 0.1) is 0 Å². The van der Waals surface area contributed by atoms with Crippen LogP contribution in [0, 0.1) is 0 Å². The van der Waals surface area contributed by atoms with Crippen LogP contribution in [-0.4, -0.2) is 23.7 Å². The van der Waals surface area contributed by atoms with Crippen molar-refractivity contribution in [2.75, 3.05) is 12.3 Å². The van der Waals surface area contributed by atoms with Crippen LogP contribution >= 0.6 is 0 Å². The third-order valence-electron chi connectivity index (χ3n) is 4.04. The standard InChI is InChI=1S/C15H21F3N2/c1-11(4-3-8-15(16,17)18)20-9-7-12-5-2-6-14(19)13(12)10-20/h2,5-6,11H,3-4,7-10,19H2,1H3. The van der Waals surface area contributed by atoms with Gasteiger partial charge >= 0.3 is 6.18 Å². The summed E-state index contributed by atoms with van der Waals surface area (Å²) in [6, 6.07) is 6.08. The zero-order chi connectivity index (χ0) is 14.8. The lowest BCUT2D eigenvalue weighted by atomic mass is 9.96. The van der Waals surface area contributed by atoms with Gasteiger partial charge in [0.2, 0.25) is 0 Å². The maximum Gasteiger partial charge on any atom is 0.389 e. The molecule has 1 unspecified atom stereocenters. The van der Waals surface area contributed by atoms with Gasteiger partial charge in [0, 0.05) is 31.2 Å². The van der Waals surface area contributed by atoms with E-state index in [1.807, 2.05) is 19.1 Å². The number of hydrogen-bond donors (Lipinski definition) is 1. The average molecular weight is 286 g/mol. The lowest BCUT2D eigenvalue weighted by Gasteiger charge is -2.34. The van der Waals surface area contributed by atoms with E-state index in [0.29, 0.717) is 6.42 Å². The van der Waals surface area contributed by atoms with Crippen LogP contribution in [0.4, 0.5) is 18.9 Å². The van der Waals surface area contributed by atoms with Crippen molar-refractivity contribution in [1.82, 2.24) is 4.90 Å². The number of halogens is 3. The quantitative estimate of drug-likeness (QED) is 0.854. The van der Waals surface area contributed by atoms with Gasteiger partial charge in [0.15, 0.2) is 0 Å². The summed E-state index contributed by atoms with van der Waals surface area (Å²) in [6.45, 7) is 3.64. The normalized spacial score (nSPS) is 17.8. The summed E-state index contributed by atoms with van der Waals surface area (Å²) >= 11 is 0. The predicted molar refractivity (Wildman–Crippen MR) is 74.3 cm³/mol. The Morgan fingerprint density at radius 1 is 1.35 bits per heavy atom. The molecule has 0 bridgehead atoms. The number of alkyl halides is 3. The van der Waals surface area contributed by atoms with Crippen LogP contribution < -0.4 is 5.73 Å². The second-order valence-corrected chi connectivity index (χ2v) is 5.56. The molecule has 1 aromatic carbocycles. The van der Waals surface area contributed by atoms with Gasteiger partial charge in [-0.1, -0.05) is 12.1 Å². The Labute approximate surface area is 117 Å². The van der Waals surface area contributed by atoms with E-state index in [9.17, 15) is 13.2 Å². The van der Waals surface area contributed by atoms with Gasteiger partial charge in [-0.05, 0) is 43.4 Å². The molecule has 2 nitrogen and oxygen atoms in total. The van der Waals surface area contributed by atoms with Crippen LogP contribution in [0.1, 0.15) is 37.3 Å². The molecule has 0 amide bonds. The first-order chi connectivity index (χ1) is 9.37. The maximum absolute atomic E-state index is 12.2. The largest absolute Gasteiger partial charge is 0.398 e. The highest BCUT2D eigenvalue weighted by molar-refractivity contribution is 5.51. The van der Waals surface area contributed by atoms with Gasteiger partial charge in [-0.25, -0.2) is 0 Å². The van der Waals surface area contributed by atoms with Crippen molar-refractivity contribution < 1.29 is 13.2 Å². The molecule has 0 fully saturated rings. The van der Waals surface area contributed by atoms with E-state index >= 15 is 0 Å². The van der Waals surface area contributed by atoms with E-state index in [1.54, 1.807) is 0 Å². The fourth-order valence-electron chi connectivity index (χ4n) is 2.78. The van der Waals surface area contributed by atoms with Crippen molar-refractivity contribution in [1.29, 1.82) is 0 Å². The molecule has 1 atom stereocenters. The Kier molecular flexibility index (Phi) is 4.58. The SMILES string of the molecule is CC(CCCC(F)(F)F)N1CCc2cccc(N)c2C1. The minimum atomic E-state index is -4.04. The summed E-state index contributed by atoms with van der Waals surface area (Å²) in [5, 5.41) is 0. The molecule has 0 spiro atoms. The van der Waals surface area contributed by atoms with Crippen LogP contribution in [0.15, 0.2) is 18.2 Å². The lowest BCUT2D eigenvalue weighted by molar-refractivity contribution is -0.136. The molecule has 20 heavy (non-hydrogen) atoms. The van der Waals surface area contributed by atoms with Gasteiger partial charge in [0.25, 0.3) is 0 Å². The summed E-state index contributed by atoms with van der Waals surface area (Å²) in [5.41, 5.74) is 9.18. The van der Waals surface area contributed by atoms with Gasteiger partial charge < -0.3 is 5.73 Å². The predicted octanol–water partition coefficient (Wildman–Crippen LogP) is 3.75. The Morgan fingerprint density at radius 2 is 2.10 bits per heavy atom. The van der Waals surface area contributed by atoms with E-state index < -0.39 is 12.6 Å². The number of fused-ring (bicyclic) bond motifs is 1. The molecule has 0 aromatic heterocycles. The summed E-state index contributed by atoms with van der Waals surface area (Å²) in [6.07, 6.45) is -3.05. The zero-order valence-electron chi connectivity index (χ0n) is 11.7. The molecular formula is C15H21F3N2. The summed E-state index contributed by atoms with van der Waals surface area (Å²) in [4.78, 5) is 2.23. The van der Waals surface area contributed by atoms with Gasteiger partial charge in [-0.3, -0.25) is 4.90 Å². The molecular weight excluding hydrogens is 265 g/mol. The highest BCUT2D eigenvalue weighted by Gasteiger charge is 2.27. The number of nitrogens with two attached hydrogens (primary N) is 1. The minimum Gasteiger partial charge on any atom is -0.398 e. The Hall–Kier alpha value is -1.23. The number of nitrogens with zero attached hydrogens (tertiary/aromatic N) is 1. The first-order valence-electron chi connectivity index (χ1n) is 7.04. The molecule has 112 valence electrons. The van der Waals surface area contributed by atoms with Crippen LogP contribution in [0.25, 0.3) is 0 Å². The molecule has 1 aromatic rings. The lowest BCUT2D eigenvalue weighted by Crippen LogP contribution is -2.38. The molecule has 5 heteroatoms. The Bertz CT molecular complexity index is 457. The van der Waals surface area contributed by atoms with Crippen LogP contribution in [-0.2, 0) is 13.0 Å². The van der Waals surface area contributed by atoms with Crippen LogP contribution in [0.3, 0.4) is 0 Å². The topological polar surface area (TPSA) is 29.3 Å². The molecule has 1 aliphatic heterocycles. The van der Waals surface area contributed by atoms with E-state index in [1.165, 1.54) is 5.56 Å². The number of benzene rings is 1. The zero-order valence-corrected chi connectivity index (χ0v) is 11.7. The van der Waals surface area contributed by atoms with Crippen molar-refractivity contribution >= 4 is 5.69 Å². The number of nitrogen functional groups attached to an aromatic ring is 1. The van der Waals surface area contributed by atoms with E-state index in [4.69, 9.17) is 5.73 Å². The minimum absolute atomic E-state index is 0.158. The molecule has 0 saturated carbocycles. The molecule has 0 saturated heterocycles. The summed E-state index contributed by atoms with van der Waals surface area (Å²) in [7, 11) is 0. The van der Waals surface area contributed by atoms with Crippen molar-refractivity contribution in [2.45, 2.75) is 51.4 Å². The highest BCUT2D eigenvalue weighted by atomic mass is 19.4. The van der Waals surface area contributed by atoms with Crippen LogP contribution in [0.5, 0.6) is 0 Å². The molecule has 0 radical (unpaired) electrons. The summed E-state index contributed by atoms with van der Waals surface area (Å²) in [5.74, 6) is 0. The van der Waals surface area contributed by atoms with Gasteiger partial charge in [0.1, 0.15) is 0 Å². The average Bonchev–Trinajstić information content (AvgIpc) is 2.37. The van der Waals surface area contributed by atoms with Crippen molar-refractivity contribution in [3.05, 3.63) is 29.3 Å². The molecule has 0 aliphatic carbocycles. The molecule has 2 rings (SSSR count). The monoisotopic (exact) mass is 286 g/mol. The first-order valence-corrected chi connectivity index (χ1v) is 7.04. The fourth-order valence-corrected chi connectivity index (χ4v) is 2.78. The first kappa shape index (κ1) is 15.2. The van der Waals surface area contributed by atoms with Gasteiger partial charge in [-0.15, -0.1) is 0 Å². The Morgan fingerprint density at radius 3 is 2.80 bits per heavy atom. The van der Waals surface area contributed by atoms with E-state index in [-0.39, 0.29) is 12.5 Å². The highest BCUT2D eigenvalue weighted by Crippen LogP contribution is 2.28. The molecule has 1 aliphatic rings.